The molecule has 0 aromatic rings. The Morgan fingerprint density at radius 1 is 1.26 bits per heavy atom. The van der Waals surface area contributed by atoms with E-state index in [1.807, 2.05) is 26.8 Å². The average Bonchev–Trinajstić information content (AvgIpc) is 3.06. The molecule has 4 rings (SSSR count). The van der Waals surface area contributed by atoms with Gasteiger partial charge in [-0.3, -0.25) is 14.4 Å². The number of aliphatic hydroxyl groups excluding tert-OH is 1. The van der Waals surface area contributed by atoms with Crippen molar-refractivity contribution in [2.75, 3.05) is 6.61 Å². The molecule has 0 aromatic carbocycles. The van der Waals surface area contributed by atoms with Gasteiger partial charge >= 0.3 is 5.97 Å². The van der Waals surface area contributed by atoms with Crippen LogP contribution < -0.4 is 0 Å². The second-order valence-corrected chi connectivity index (χ2v) is 9.32. The molecule has 0 saturated heterocycles. The molecule has 0 spiro atoms. The van der Waals surface area contributed by atoms with E-state index in [1.54, 1.807) is 13.0 Å². The van der Waals surface area contributed by atoms with E-state index in [2.05, 4.69) is 0 Å². The van der Waals surface area contributed by atoms with Crippen LogP contribution in [0, 0.1) is 22.7 Å². The van der Waals surface area contributed by atoms with Crippen molar-refractivity contribution in [3.63, 3.8) is 0 Å². The van der Waals surface area contributed by atoms with Crippen molar-refractivity contribution < 1.29 is 28.6 Å². The molecule has 4 aliphatic rings. The van der Waals surface area contributed by atoms with Gasteiger partial charge < -0.3 is 9.84 Å². The van der Waals surface area contributed by atoms with E-state index >= 15 is 4.39 Å². The van der Waals surface area contributed by atoms with E-state index in [1.165, 1.54) is 19.1 Å². The van der Waals surface area contributed by atoms with Gasteiger partial charge in [0.1, 0.15) is 0 Å². The minimum atomic E-state index is -1.90. The first kappa shape index (κ1) is 23.6. The lowest BCUT2D eigenvalue weighted by Crippen LogP contribution is -2.66. The normalized spacial score (nSPS) is 40.4. The lowest BCUT2D eigenvalue weighted by molar-refractivity contribution is -0.185. The fourth-order valence-corrected chi connectivity index (χ4v) is 6.46. The van der Waals surface area contributed by atoms with Gasteiger partial charge in [-0.2, -0.15) is 0 Å². The maximum Gasteiger partial charge on any atom is 0.303 e. The zero-order valence-corrected chi connectivity index (χ0v) is 19.0. The topological polar surface area (TPSA) is 80.7 Å². The first-order chi connectivity index (χ1) is 14.5. The summed E-state index contributed by atoms with van der Waals surface area (Å²) in [5.74, 6) is -1.52. The van der Waals surface area contributed by atoms with Crippen LogP contribution in [0.4, 0.5) is 4.39 Å². The summed E-state index contributed by atoms with van der Waals surface area (Å²) in [5.41, 5.74) is -2.33. The summed E-state index contributed by atoms with van der Waals surface area (Å²) in [6.07, 6.45) is 6.89. The Labute approximate surface area is 183 Å². The Morgan fingerprint density at radius 2 is 1.94 bits per heavy atom. The zero-order chi connectivity index (χ0) is 23.2. The molecule has 2 saturated carbocycles. The predicted molar refractivity (Wildman–Crippen MR) is 115 cm³/mol. The molecule has 0 aromatic heterocycles. The Bertz CT molecular complexity index is 886. The summed E-state index contributed by atoms with van der Waals surface area (Å²) in [6.45, 7) is 8.60. The molecule has 0 radical (unpaired) electrons. The van der Waals surface area contributed by atoms with Crippen molar-refractivity contribution in [1.29, 1.82) is 0 Å². The van der Waals surface area contributed by atoms with Gasteiger partial charge in [0.2, 0.25) is 0 Å². The van der Waals surface area contributed by atoms with Crippen LogP contribution in [-0.2, 0) is 19.1 Å². The number of ether oxygens (including phenoxy) is 1. The highest BCUT2D eigenvalue weighted by Crippen LogP contribution is 2.67. The van der Waals surface area contributed by atoms with Gasteiger partial charge in [-0.05, 0) is 50.7 Å². The maximum atomic E-state index is 16.8. The maximum absolute atomic E-state index is 16.8. The average molecular weight is 433 g/mol. The lowest BCUT2D eigenvalue weighted by Gasteiger charge is -2.61. The predicted octanol–water partition coefficient (Wildman–Crippen LogP) is 4.05. The number of fused-ring (bicyclic) bond motifs is 5. The number of alkyl halides is 1. The molecule has 0 amide bonds. The molecular formula is C25H33FO5. The summed E-state index contributed by atoms with van der Waals surface area (Å²) >= 11 is 0. The van der Waals surface area contributed by atoms with E-state index in [0.717, 1.165) is 5.57 Å². The summed E-state index contributed by atoms with van der Waals surface area (Å²) in [5, 5.41) is 11.1. The molecule has 2 fully saturated rings. The largest absolute Gasteiger partial charge is 0.457 e. The third-order valence-electron chi connectivity index (χ3n) is 7.93. The van der Waals surface area contributed by atoms with E-state index in [0.29, 0.717) is 24.8 Å². The number of carbonyl (C=O) groups is 3. The molecule has 170 valence electrons. The molecule has 1 unspecified atom stereocenters. The van der Waals surface area contributed by atoms with Crippen molar-refractivity contribution in [2.45, 2.75) is 72.1 Å². The third-order valence-corrected chi connectivity index (χ3v) is 7.93. The minimum Gasteiger partial charge on any atom is -0.457 e. The fraction of sp³-hybridized carbons (Fsp3) is 0.640. The highest BCUT2D eigenvalue weighted by Gasteiger charge is 2.69. The van der Waals surface area contributed by atoms with Crippen LogP contribution in [0.1, 0.15) is 60.3 Å². The quantitative estimate of drug-likeness (QED) is 0.681. The van der Waals surface area contributed by atoms with Gasteiger partial charge in [0, 0.05) is 29.2 Å². The summed E-state index contributed by atoms with van der Waals surface area (Å²) in [4.78, 5) is 35.6. The number of allylic oxidation sites excluding steroid dienone is 5. The van der Waals surface area contributed by atoms with Crippen LogP contribution in [0.5, 0.6) is 0 Å². The van der Waals surface area contributed by atoms with Crippen LogP contribution in [0.2, 0.25) is 0 Å². The van der Waals surface area contributed by atoms with Crippen LogP contribution >= 0.6 is 0 Å². The Kier molecular flexibility index (Phi) is 6.18. The smallest absolute Gasteiger partial charge is 0.303 e. The number of esters is 1. The first-order valence-corrected chi connectivity index (χ1v) is 11.2. The van der Waals surface area contributed by atoms with Gasteiger partial charge in [0.05, 0.1) is 6.10 Å². The molecule has 31 heavy (non-hydrogen) atoms. The summed E-state index contributed by atoms with van der Waals surface area (Å²) in [6, 6.07) is 0. The first-order valence-electron chi connectivity index (χ1n) is 11.2. The highest BCUT2D eigenvalue weighted by molar-refractivity contribution is 6.01. The molecule has 6 atom stereocenters. The number of aliphatic hydroxyl groups is 1. The molecule has 0 aliphatic heterocycles. The van der Waals surface area contributed by atoms with E-state index in [-0.39, 0.29) is 30.5 Å². The molecule has 6 heteroatoms. The number of hydrogen-bond donors (Lipinski definition) is 1. The summed E-state index contributed by atoms with van der Waals surface area (Å²) < 4.78 is 21.7. The minimum absolute atomic E-state index is 0.118. The van der Waals surface area contributed by atoms with Crippen LogP contribution in [0.3, 0.4) is 0 Å². The second-order valence-electron chi connectivity index (χ2n) is 9.32. The molecule has 0 bridgehead atoms. The van der Waals surface area contributed by atoms with E-state index in [9.17, 15) is 19.5 Å². The van der Waals surface area contributed by atoms with Crippen molar-refractivity contribution in [1.82, 2.24) is 0 Å². The SMILES string of the molecule is CC.CC(=O)OCC(=O)C1=CCC2[C@@H]3CCC4=CC(=O)C=C[C@]4(C)[C@@]3(F)[C@@H](O)C[C@]12C. The molecular weight excluding hydrogens is 399 g/mol. The fourth-order valence-electron chi connectivity index (χ4n) is 6.46. The van der Waals surface area contributed by atoms with Crippen molar-refractivity contribution in [3.8, 4) is 0 Å². The van der Waals surface area contributed by atoms with Gasteiger partial charge in [-0.25, -0.2) is 4.39 Å². The number of hydrogen-bond acceptors (Lipinski definition) is 5. The third kappa shape index (κ3) is 3.34. The standard InChI is InChI=1S/C23H27FO5.C2H6/c1-13(25)29-12-19(27)18-7-6-16-17-5-4-14-10-15(26)8-9-22(14,3)23(17,24)20(28)11-21(16,18)2;1-2/h7-10,16-17,20,28H,4-6,11-12H2,1-3H3;1-2H3/t16?,17-,20-,21-,22-,23-;/m0./s1. The number of halogens is 1. The lowest BCUT2D eigenvalue weighted by atomic mass is 9.45. The van der Waals surface area contributed by atoms with Gasteiger partial charge in [-0.15, -0.1) is 0 Å². The Morgan fingerprint density at radius 3 is 2.58 bits per heavy atom. The van der Waals surface area contributed by atoms with E-state index < -0.39 is 34.5 Å². The van der Waals surface area contributed by atoms with Gasteiger partial charge in [-0.1, -0.05) is 38.5 Å². The number of Topliss-reactive ketones (excluding diaryl/α,β-unsaturated/α-hetero) is 1. The highest BCUT2D eigenvalue weighted by atomic mass is 19.1. The Hall–Kier alpha value is -2.08. The molecule has 1 N–H and O–H groups in total. The van der Waals surface area contributed by atoms with Crippen LogP contribution in [-0.4, -0.2) is 41.0 Å². The van der Waals surface area contributed by atoms with Crippen molar-refractivity contribution >= 4 is 17.5 Å². The van der Waals surface area contributed by atoms with Crippen LogP contribution in [0.15, 0.2) is 35.5 Å². The monoisotopic (exact) mass is 432 g/mol. The Balaban J connectivity index is 0.00000132. The molecule has 5 nitrogen and oxygen atoms in total. The van der Waals surface area contributed by atoms with Gasteiger partial charge in [0.15, 0.2) is 23.8 Å². The van der Waals surface area contributed by atoms with E-state index in [4.69, 9.17) is 4.74 Å². The summed E-state index contributed by atoms with van der Waals surface area (Å²) in [7, 11) is 0. The number of carbonyl (C=O) groups excluding carboxylic acids is 3. The molecule has 0 heterocycles. The van der Waals surface area contributed by atoms with Crippen molar-refractivity contribution in [2.24, 2.45) is 22.7 Å². The number of ketones is 2. The molecule has 4 aliphatic carbocycles. The van der Waals surface area contributed by atoms with Gasteiger partial charge in [0.25, 0.3) is 0 Å². The van der Waals surface area contributed by atoms with Crippen molar-refractivity contribution in [3.05, 3.63) is 35.5 Å². The number of rotatable bonds is 3. The van der Waals surface area contributed by atoms with Crippen LogP contribution in [0.25, 0.3) is 0 Å². The zero-order valence-electron chi connectivity index (χ0n) is 19.0. The second kappa shape index (κ2) is 8.12.